The lowest BCUT2D eigenvalue weighted by molar-refractivity contribution is 0.454. The highest BCUT2D eigenvalue weighted by Gasteiger charge is 2.09. The zero-order chi connectivity index (χ0) is 12.3. The first-order valence-electron chi connectivity index (χ1n) is 4.65. The molecule has 0 radical (unpaired) electrons. The highest BCUT2D eigenvalue weighted by atomic mass is 35.5. The maximum absolute atomic E-state index is 8.86. The van der Waals surface area contributed by atoms with Crippen LogP contribution in [0.25, 0.3) is 0 Å². The summed E-state index contributed by atoms with van der Waals surface area (Å²) < 4.78 is 5.40. The van der Waals surface area contributed by atoms with Gasteiger partial charge >= 0.3 is 0 Å². The van der Waals surface area contributed by atoms with Gasteiger partial charge in [0.05, 0.1) is 11.2 Å². The molecule has 0 saturated carbocycles. The minimum atomic E-state index is 0.0995. The molecule has 0 saturated heterocycles. The predicted molar refractivity (Wildman–Crippen MR) is 62.7 cm³/mol. The Morgan fingerprint density at radius 1 is 1.35 bits per heavy atom. The van der Waals surface area contributed by atoms with Gasteiger partial charge in [-0.1, -0.05) is 11.6 Å². The maximum atomic E-state index is 8.86. The van der Waals surface area contributed by atoms with E-state index in [-0.39, 0.29) is 11.4 Å². The molecule has 1 aromatic heterocycles. The van der Waals surface area contributed by atoms with Gasteiger partial charge in [0.15, 0.2) is 0 Å². The highest BCUT2D eigenvalue weighted by Crippen LogP contribution is 2.31. The zero-order valence-electron chi connectivity index (χ0n) is 8.59. The monoisotopic (exact) mass is 246 g/mol. The smallest absolute Gasteiger partial charge is 0.257 e. The van der Waals surface area contributed by atoms with Gasteiger partial charge in [0.1, 0.15) is 17.4 Å². The van der Waals surface area contributed by atoms with E-state index < -0.39 is 0 Å². The van der Waals surface area contributed by atoms with Crippen molar-refractivity contribution in [3.05, 3.63) is 41.0 Å². The SMILES string of the molecule is N#Cc1ccnnc1Oc1cc(N)ccc1Cl. The fourth-order valence-electron chi connectivity index (χ4n) is 1.18. The minimum Gasteiger partial charge on any atom is -0.435 e. The van der Waals surface area contributed by atoms with Crippen molar-refractivity contribution in [2.24, 2.45) is 0 Å². The van der Waals surface area contributed by atoms with Gasteiger partial charge in [0, 0.05) is 11.8 Å². The largest absolute Gasteiger partial charge is 0.435 e. The van der Waals surface area contributed by atoms with Gasteiger partial charge < -0.3 is 10.5 Å². The quantitative estimate of drug-likeness (QED) is 0.823. The van der Waals surface area contributed by atoms with Crippen molar-refractivity contribution in [1.29, 1.82) is 5.26 Å². The molecule has 1 heterocycles. The lowest BCUT2D eigenvalue weighted by Crippen LogP contribution is -1.95. The van der Waals surface area contributed by atoms with E-state index in [1.54, 1.807) is 18.2 Å². The number of nitriles is 1. The topological polar surface area (TPSA) is 84.8 Å². The molecule has 0 spiro atoms. The average molecular weight is 247 g/mol. The first kappa shape index (κ1) is 11.2. The van der Waals surface area contributed by atoms with Gasteiger partial charge in [0.25, 0.3) is 5.88 Å². The van der Waals surface area contributed by atoms with Crippen LogP contribution >= 0.6 is 11.6 Å². The molecule has 0 aliphatic heterocycles. The molecule has 0 aliphatic carbocycles. The summed E-state index contributed by atoms with van der Waals surface area (Å²) in [5, 5.41) is 16.6. The molecule has 84 valence electrons. The minimum absolute atomic E-state index is 0.0995. The Balaban J connectivity index is 2.38. The summed E-state index contributed by atoms with van der Waals surface area (Å²) in [6.45, 7) is 0. The molecule has 6 heteroatoms. The third-order valence-corrected chi connectivity index (χ3v) is 2.28. The van der Waals surface area contributed by atoms with Crippen LogP contribution < -0.4 is 10.5 Å². The average Bonchev–Trinajstić information content (AvgIpc) is 2.34. The normalized spacial score (nSPS) is 9.65. The molecule has 0 fully saturated rings. The second kappa shape index (κ2) is 4.68. The Hall–Kier alpha value is -2.32. The fraction of sp³-hybridized carbons (Fsp3) is 0. The number of aromatic nitrogens is 2. The number of hydrogen-bond acceptors (Lipinski definition) is 5. The van der Waals surface area contributed by atoms with Crippen LogP contribution in [-0.4, -0.2) is 10.2 Å². The van der Waals surface area contributed by atoms with Crippen molar-refractivity contribution >= 4 is 17.3 Å². The van der Waals surface area contributed by atoms with Crippen LogP contribution in [0, 0.1) is 11.3 Å². The summed E-state index contributed by atoms with van der Waals surface area (Å²) in [5.74, 6) is 0.436. The van der Waals surface area contributed by atoms with E-state index in [0.29, 0.717) is 16.5 Å². The first-order valence-corrected chi connectivity index (χ1v) is 5.03. The number of nitrogen functional groups attached to an aromatic ring is 1. The van der Waals surface area contributed by atoms with Gasteiger partial charge in [-0.3, -0.25) is 0 Å². The first-order chi connectivity index (χ1) is 8.20. The van der Waals surface area contributed by atoms with E-state index in [0.717, 1.165) is 0 Å². The van der Waals surface area contributed by atoms with E-state index in [1.807, 2.05) is 6.07 Å². The third kappa shape index (κ3) is 2.44. The van der Waals surface area contributed by atoms with Crippen molar-refractivity contribution in [3.8, 4) is 17.7 Å². The summed E-state index contributed by atoms with van der Waals surface area (Å²) in [4.78, 5) is 0. The van der Waals surface area contributed by atoms with Gasteiger partial charge in [-0.25, -0.2) is 0 Å². The number of nitrogens with two attached hydrogens (primary N) is 1. The second-order valence-corrected chi connectivity index (χ2v) is 3.56. The van der Waals surface area contributed by atoms with E-state index in [1.165, 1.54) is 12.3 Å². The van der Waals surface area contributed by atoms with E-state index in [9.17, 15) is 0 Å². The lowest BCUT2D eigenvalue weighted by atomic mass is 10.3. The zero-order valence-corrected chi connectivity index (χ0v) is 9.35. The van der Waals surface area contributed by atoms with Crippen molar-refractivity contribution < 1.29 is 4.74 Å². The van der Waals surface area contributed by atoms with Crippen LogP contribution in [0.3, 0.4) is 0 Å². The molecule has 2 N–H and O–H groups in total. The van der Waals surface area contributed by atoms with Crippen LogP contribution in [0.4, 0.5) is 5.69 Å². The Morgan fingerprint density at radius 3 is 2.94 bits per heavy atom. The molecule has 0 aliphatic rings. The Kier molecular flexibility index (Phi) is 3.08. The summed E-state index contributed by atoms with van der Waals surface area (Å²) in [7, 11) is 0. The molecule has 0 bridgehead atoms. The van der Waals surface area contributed by atoms with Crippen molar-refractivity contribution in [1.82, 2.24) is 10.2 Å². The molecule has 0 unspecified atom stereocenters. The van der Waals surface area contributed by atoms with E-state index >= 15 is 0 Å². The molecule has 2 rings (SSSR count). The number of nitrogens with zero attached hydrogens (tertiary/aromatic N) is 3. The van der Waals surface area contributed by atoms with Gasteiger partial charge in [0.2, 0.25) is 0 Å². The highest BCUT2D eigenvalue weighted by molar-refractivity contribution is 6.32. The van der Waals surface area contributed by atoms with Gasteiger partial charge in [-0.15, -0.1) is 5.10 Å². The molecule has 0 atom stereocenters. The lowest BCUT2D eigenvalue weighted by Gasteiger charge is -2.07. The number of ether oxygens (including phenoxy) is 1. The standard InChI is InChI=1S/C11H7ClN4O/c12-9-2-1-8(14)5-10(9)17-11-7(6-13)3-4-15-16-11/h1-5H,14H2. The number of rotatable bonds is 2. The fourth-order valence-corrected chi connectivity index (χ4v) is 1.34. The maximum Gasteiger partial charge on any atom is 0.257 e. The third-order valence-electron chi connectivity index (χ3n) is 1.97. The number of hydrogen-bond donors (Lipinski definition) is 1. The van der Waals surface area contributed by atoms with Crippen LogP contribution in [-0.2, 0) is 0 Å². The van der Waals surface area contributed by atoms with Crippen LogP contribution in [0.1, 0.15) is 5.56 Å². The van der Waals surface area contributed by atoms with Crippen LogP contribution in [0.2, 0.25) is 5.02 Å². The van der Waals surface area contributed by atoms with Crippen LogP contribution in [0.15, 0.2) is 30.5 Å². The second-order valence-electron chi connectivity index (χ2n) is 3.15. The molecule has 2 aromatic rings. The number of benzene rings is 1. The van der Waals surface area contributed by atoms with E-state index in [2.05, 4.69) is 10.2 Å². The Morgan fingerprint density at radius 2 is 2.18 bits per heavy atom. The van der Waals surface area contributed by atoms with Crippen molar-refractivity contribution in [2.75, 3.05) is 5.73 Å². The molecule has 17 heavy (non-hydrogen) atoms. The predicted octanol–water partition coefficient (Wildman–Crippen LogP) is 2.38. The van der Waals surface area contributed by atoms with Gasteiger partial charge in [-0.2, -0.15) is 10.4 Å². The Labute approximate surface area is 102 Å². The van der Waals surface area contributed by atoms with E-state index in [4.69, 9.17) is 27.3 Å². The summed E-state index contributed by atoms with van der Waals surface area (Å²) >= 11 is 5.93. The summed E-state index contributed by atoms with van der Waals surface area (Å²) in [6.07, 6.45) is 1.41. The van der Waals surface area contributed by atoms with Crippen molar-refractivity contribution in [3.63, 3.8) is 0 Å². The Bertz CT molecular complexity index is 594. The summed E-state index contributed by atoms with van der Waals surface area (Å²) in [6, 6.07) is 8.26. The van der Waals surface area contributed by atoms with Gasteiger partial charge in [-0.05, 0) is 18.2 Å². The van der Waals surface area contributed by atoms with Crippen molar-refractivity contribution in [2.45, 2.75) is 0 Å². The molecule has 0 amide bonds. The van der Waals surface area contributed by atoms with Crippen LogP contribution in [0.5, 0.6) is 11.6 Å². The molecule has 1 aromatic carbocycles. The summed E-state index contributed by atoms with van der Waals surface area (Å²) in [5.41, 5.74) is 6.39. The molecular weight excluding hydrogens is 240 g/mol. The number of anilines is 1. The molecular formula is C11H7ClN4O. The molecule has 5 nitrogen and oxygen atoms in total. The number of halogens is 1.